The van der Waals surface area contributed by atoms with E-state index >= 15 is 0 Å². The van der Waals surface area contributed by atoms with Gasteiger partial charge in [-0.3, -0.25) is 9.59 Å². The standard InChI is InChI=1S/C16H17N5O3S/c1-3-21-7-6-13(22)20-16(21)25-9(2)14(23)17-10-4-5-11-12(8-10)19-15(24)18-11/h4-9H,3H2,1-2H3,(H,17,23)(H2,18,19,24). The van der Waals surface area contributed by atoms with Crippen molar-refractivity contribution in [1.82, 2.24) is 19.5 Å². The highest BCUT2D eigenvalue weighted by atomic mass is 32.2. The molecule has 0 aliphatic heterocycles. The van der Waals surface area contributed by atoms with Gasteiger partial charge in [0.1, 0.15) is 0 Å². The van der Waals surface area contributed by atoms with E-state index < -0.39 is 5.25 Å². The van der Waals surface area contributed by atoms with Crippen molar-refractivity contribution in [2.45, 2.75) is 30.8 Å². The van der Waals surface area contributed by atoms with Gasteiger partial charge in [-0.25, -0.2) is 4.79 Å². The van der Waals surface area contributed by atoms with Gasteiger partial charge in [-0.15, -0.1) is 0 Å². The minimum atomic E-state index is -0.451. The van der Waals surface area contributed by atoms with Crippen molar-refractivity contribution >= 4 is 34.4 Å². The molecular weight excluding hydrogens is 342 g/mol. The molecule has 2 heterocycles. The number of aryl methyl sites for hydroxylation is 1. The SMILES string of the molecule is CCn1ccc(=O)nc1SC(C)C(=O)Nc1ccc2[nH]c(=O)[nH]c2c1. The maximum absolute atomic E-state index is 12.4. The first kappa shape index (κ1) is 17.0. The van der Waals surface area contributed by atoms with Crippen LogP contribution in [0.5, 0.6) is 0 Å². The number of nitrogens with one attached hydrogen (secondary N) is 3. The number of amides is 1. The van der Waals surface area contributed by atoms with Crippen LogP contribution in [0.4, 0.5) is 5.69 Å². The lowest BCUT2D eigenvalue weighted by atomic mass is 10.2. The number of rotatable bonds is 5. The van der Waals surface area contributed by atoms with Crippen molar-refractivity contribution in [2.24, 2.45) is 0 Å². The van der Waals surface area contributed by atoms with Crippen LogP contribution in [0.15, 0.2) is 45.2 Å². The molecular formula is C16H17N5O3S. The highest BCUT2D eigenvalue weighted by molar-refractivity contribution is 8.00. The van der Waals surface area contributed by atoms with Crippen LogP contribution in [0.25, 0.3) is 11.0 Å². The Morgan fingerprint density at radius 3 is 2.80 bits per heavy atom. The zero-order chi connectivity index (χ0) is 18.0. The van der Waals surface area contributed by atoms with Crippen molar-refractivity contribution in [1.29, 1.82) is 0 Å². The van der Waals surface area contributed by atoms with Crippen molar-refractivity contribution in [2.75, 3.05) is 5.32 Å². The van der Waals surface area contributed by atoms with Gasteiger partial charge in [0.2, 0.25) is 5.91 Å². The highest BCUT2D eigenvalue weighted by Crippen LogP contribution is 2.22. The number of aromatic nitrogens is 4. The van der Waals surface area contributed by atoms with Crippen molar-refractivity contribution in [3.63, 3.8) is 0 Å². The average molecular weight is 359 g/mol. The molecule has 0 bridgehead atoms. The molecule has 130 valence electrons. The van der Waals surface area contributed by atoms with Gasteiger partial charge in [0.25, 0.3) is 5.56 Å². The molecule has 3 aromatic rings. The molecule has 2 aromatic heterocycles. The number of thioether (sulfide) groups is 1. The van der Waals surface area contributed by atoms with E-state index in [0.29, 0.717) is 28.4 Å². The number of anilines is 1. The van der Waals surface area contributed by atoms with Crippen LogP contribution in [0.2, 0.25) is 0 Å². The van der Waals surface area contributed by atoms with Crippen LogP contribution in [0.3, 0.4) is 0 Å². The minimum Gasteiger partial charge on any atom is -0.328 e. The second kappa shape index (κ2) is 6.98. The molecule has 3 rings (SSSR count). The summed E-state index contributed by atoms with van der Waals surface area (Å²) in [5.41, 5.74) is 1.24. The number of nitrogens with zero attached hydrogens (tertiary/aromatic N) is 2. The van der Waals surface area contributed by atoms with Crippen molar-refractivity contribution < 1.29 is 4.79 Å². The Kier molecular flexibility index (Phi) is 4.75. The van der Waals surface area contributed by atoms with E-state index in [1.54, 1.807) is 31.3 Å². The molecule has 0 aliphatic rings. The summed E-state index contributed by atoms with van der Waals surface area (Å²) < 4.78 is 1.81. The Bertz CT molecular complexity index is 1040. The second-order valence-electron chi connectivity index (χ2n) is 5.42. The topological polar surface area (TPSA) is 113 Å². The molecule has 0 aliphatic carbocycles. The highest BCUT2D eigenvalue weighted by Gasteiger charge is 2.17. The first-order valence-corrected chi connectivity index (χ1v) is 8.61. The summed E-state index contributed by atoms with van der Waals surface area (Å²) in [6, 6.07) is 6.51. The number of aromatic amines is 2. The lowest BCUT2D eigenvalue weighted by Gasteiger charge is -2.14. The van der Waals surface area contributed by atoms with Crippen LogP contribution in [0, 0.1) is 0 Å². The summed E-state index contributed by atoms with van der Waals surface area (Å²) >= 11 is 1.22. The zero-order valence-corrected chi connectivity index (χ0v) is 14.5. The number of imidazole rings is 1. The quantitative estimate of drug-likeness (QED) is 0.473. The molecule has 0 fully saturated rings. The summed E-state index contributed by atoms with van der Waals surface area (Å²) in [7, 11) is 0. The van der Waals surface area contributed by atoms with E-state index in [2.05, 4.69) is 20.3 Å². The van der Waals surface area contributed by atoms with Crippen molar-refractivity contribution in [3.8, 4) is 0 Å². The number of hydrogen-bond donors (Lipinski definition) is 3. The summed E-state index contributed by atoms with van der Waals surface area (Å²) in [5, 5.41) is 2.86. The molecule has 3 N–H and O–H groups in total. The fourth-order valence-corrected chi connectivity index (χ4v) is 3.26. The van der Waals surface area contributed by atoms with Crippen LogP contribution >= 0.6 is 11.8 Å². The molecule has 0 saturated carbocycles. The lowest BCUT2D eigenvalue weighted by Crippen LogP contribution is -2.24. The van der Waals surface area contributed by atoms with E-state index in [0.717, 1.165) is 0 Å². The van der Waals surface area contributed by atoms with E-state index in [9.17, 15) is 14.4 Å². The molecule has 1 atom stereocenters. The molecule has 1 amide bonds. The Morgan fingerprint density at radius 1 is 1.28 bits per heavy atom. The van der Waals surface area contributed by atoms with Gasteiger partial charge < -0.3 is 19.9 Å². The first-order valence-electron chi connectivity index (χ1n) is 7.73. The molecule has 0 spiro atoms. The first-order chi connectivity index (χ1) is 12.0. The summed E-state index contributed by atoms with van der Waals surface area (Å²) in [6.07, 6.45) is 1.67. The van der Waals surface area contributed by atoms with Crippen LogP contribution in [-0.2, 0) is 11.3 Å². The maximum Gasteiger partial charge on any atom is 0.323 e. The second-order valence-corrected chi connectivity index (χ2v) is 6.73. The number of hydrogen-bond acceptors (Lipinski definition) is 5. The fraction of sp³-hybridized carbons (Fsp3) is 0.250. The van der Waals surface area contributed by atoms with Gasteiger partial charge in [-0.1, -0.05) is 11.8 Å². The third kappa shape index (κ3) is 3.82. The Labute approximate surface area is 146 Å². The van der Waals surface area contributed by atoms with E-state index in [1.807, 2.05) is 11.5 Å². The van der Waals surface area contributed by atoms with Crippen LogP contribution in [-0.4, -0.2) is 30.7 Å². The van der Waals surface area contributed by atoms with Gasteiger partial charge >= 0.3 is 5.69 Å². The molecule has 25 heavy (non-hydrogen) atoms. The van der Waals surface area contributed by atoms with Crippen molar-refractivity contribution in [3.05, 3.63) is 51.3 Å². The molecule has 8 nitrogen and oxygen atoms in total. The zero-order valence-electron chi connectivity index (χ0n) is 13.7. The monoisotopic (exact) mass is 359 g/mol. The third-order valence-electron chi connectivity index (χ3n) is 3.62. The van der Waals surface area contributed by atoms with Gasteiger partial charge in [-0.05, 0) is 32.0 Å². The maximum atomic E-state index is 12.4. The number of fused-ring (bicyclic) bond motifs is 1. The largest absolute Gasteiger partial charge is 0.328 e. The fourth-order valence-electron chi connectivity index (χ4n) is 2.31. The Morgan fingerprint density at radius 2 is 2.04 bits per heavy atom. The molecule has 1 aromatic carbocycles. The van der Waals surface area contributed by atoms with Crippen LogP contribution in [0.1, 0.15) is 13.8 Å². The number of carbonyl (C=O) groups excluding carboxylic acids is 1. The van der Waals surface area contributed by atoms with Gasteiger partial charge in [-0.2, -0.15) is 4.98 Å². The molecule has 9 heteroatoms. The number of carbonyl (C=O) groups is 1. The normalized spacial score (nSPS) is 12.2. The smallest absolute Gasteiger partial charge is 0.323 e. The summed E-state index contributed by atoms with van der Waals surface area (Å²) in [5.74, 6) is -0.219. The predicted octanol–water partition coefficient (Wildman–Crippen LogP) is 1.55. The van der Waals surface area contributed by atoms with Gasteiger partial charge in [0.05, 0.1) is 16.3 Å². The van der Waals surface area contributed by atoms with Crippen LogP contribution < -0.4 is 16.6 Å². The molecule has 0 saturated heterocycles. The molecule has 0 radical (unpaired) electrons. The van der Waals surface area contributed by atoms with Gasteiger partial charge in [0.15, 0.2) is 5.16 Å². The molecule has 1 unspecified atom stereocenters. The number of H-pyrrole nitrogens is 2. The van der Waals surface area contributed by atoms with Gasteiger partial charge in [0, 0.05) is 24.5 Å². The average Bonchev–Trinajstić information content (AvgIpc) is 2.94. The van der Waals surface area contributed by atoms with E-state index in [4.69, 9.17) is 0 Å². The Hall–Kier alpha value is -2.81. The van der Waals surface area contributed by atoms with E-state index in [-0.39, 0.29) is 17.2 Å². The predicted molar refractivity (Wildman–Crippen MR) is 97.0 cm³/mol. The minimum absolute atomic E-state index is 0.219. The van der Waals surface area contributed by atoms with E-state index in [1.165, 1.54) is 17.8 Å². The Balaban J connectivity index is 1.74. The third-order valence-corrected chi connectivity index (χ3v) is 4.73. The summed E-state index contributed by atoms with van der Waals surface area (Å²) in [6.45, 7) is 4.34. The lowest BCUT2D eigenvalue weighted by molar-refractivity contribution is -0.115. The summed E-state index contributed by atoms with van der Waals surface area (Å²) in [4.78, 5) is 44.4. The number of benzene rings is 1.